The zero-order valence-corrected chi connectivity index (χ0v) is 21.0. The number of aryl methyl sites for hydroxylation is 1. The minimum absolute atomic E-state index is 0. The van der Waals surface area contributed by atoms with Gasteiger partial charge in [0.05, 0.1) is 6.04 Å². The lowest BCUT2D eigenvalue weighted by atomic mass is 10.1. The van der Waals surface area contributed by atoms with Crippen LogP contribution in [0.1, 0.15) is 44.9 Å². The van der Waals surface area contributed by atoms with Crippen LogP contribution in [0.15, 0.2) is 23.2 Å². The summed E-state index contributed by atoms with van der Waals surface area (Å²) in [4.78, 5) is 9.83. The normalized spacial score (nSPS) is 18.1. The molecule has 0 spiro atoms. The molecule has 2 unspecified atom stereocenters. The average Bonchev–Trinajstić information content (AvgIpc) is 2.69. The average molecular weight is 519 g/mol. The number of hydrogen-bond donors (Lipinski definition) is 2. The van der Waals surface area contributed by atoms with Gasteiger partial charge in [0.2, 0.25) is 0 Å². The number of nitrogens with zero attached hydrogens (tertiary/aromatic N) is 3. The molecule has 0 aromatic heterocycles. The Bertz CT molecular complexity index is 632. The molecule has 1 aromatic carbocycles. The molecule has 1 aliphatic rings. The van der Waals surface area contributed by atoms with Gasteiger partial charge in [0, 0.05) is 45.8 Å². The molecule has 166 valence electrons. The number of aliphatic imine (C=N–C) groups is 1. The summed E-state index contributed by atoms with van der Waals surface area (Å²) in [6.07, 6.45) is 0. The van der Waals surface area contributed by atoms with Crippen LogP contribution in [-0.2, 0) is 0 Å². The Kier molecular flexibility index (Phi) is 12.1. The number of likely N-dealkylation sites (N-methyl/N-ethyl adjacent to an activating group) is 1. The van der Waals surface area contributed by atoms with Crippen LogP contribution in [0.4, 0.5) is 4.39 Å². The third-order valence-corrected chi connectivity index (χ3v) is 5.44. The highest BCUT2D eigenvalue weighted by molar-refractivity contribution is 14.0. The third kappa shape index (κ3) is 8.76. The van der Waals surface area contributed by atoms with Crippen LogP contribution in [-0.4, -0.2) is 68.1 Å². The Labute approximate surface area is 193 Å². The highest BCUT2D eigenvalue weighted by atomic mass is 127. The minimum atomic E-state index is -0.162. The maximum absolute atomic E-state index is 13.9. The van der Waals surface area contributed by atoms with Crippen molar-refractivity contribution in [1.82, 2.24) is 20.4 Å². The van der Waals surface area contributed by atoms with Crippen LogP contribution in [0.3, 0.4) is 0 Å². The molecule has 7 heteroatoms. The summed E-state index contributed by atoms with van der Waals surface area (Å²) < 4.78 is 13.9. The molecule has 1 aromatic rings. The Morgan fingerprint density at radius 3 is 2.38 bits per heavy atom. The molecule has 2 atom stereocenters. The van der Waals surface area contributed by atoms with Crippen molar-refractivity contribution < 1.29 is 4.39 Å². The third-order valence-electron chi connectivity index (χ3n) is 5.44. The molecule has 1 aliphatic heterocycles. The van der Waals surface area contributed by atoms with Crippen LogP contribution in [0.5, 0.6) is 0 Å². The molecular weight excluding hydrogens is 480 g/mol. The van der Waals surface area contributed by atoms with E-state index >= 15 is 0 Å². The van der Waals surface area contributed by atoms with Crippen molar-refractivity contribution in [3.63, 3.8) is 0 Å². The summed E-state index contributed by atoms with van der Waals surface area (Å²) in [5.74, 6) is 1.12. The van der Waals surface area contributed by atoms with Crippen molar-refractivity contribution in [2.75, 3.05) is 52.4 Å². The fourth-order valence-electron chi connectivity index (χ4n) is 3.52. The van der Waals surface area contributed by atoms with E-state index in [4.69, 9.17) is 4.99 Å². The highest BCUT2D eigenvalue weighted by Gasteiger charge is 2.17. The number of guanidine groups is 1. The summed E-state index contributed by atoms with van der Waals surface area (Å²) in [5, 5.41) is 6.71. The van der Waals surface area contributed by atoms with Gasteiger partial charge in [0.15, 0.2) is 5.96 Å². The molecule has 1 fully saturated rings. The first-order valence-electron chi connectivity index (χ1n) is 10.7. The molecule has 1 heterocycles. The van der Waals surface area contributed by atoms with E-state index in [-0.39, 0.29) is 35.8 Å². The summed E-state index contributed by atoms with van der Waals surface area (Å²) in [6, 6.07) is 5.39. The van der Waals surface area contributed by atoms with Gasteiger partial charge in [-0.05, 0) is 50.4 Å². The van der Waals surface area contributed by atoms with E-state index in [0.717, 1.165) is 50.8 Å². The van der Waals surface area contributed by atoms with E-state index in [1.807, 2.05) is 19.1 Å². The Hall–Kier alpha value is -0.930. The van der Waals surface area contributed by atoms with Gasteiger partial charge in [0.25, 0.3) is 0 Å². The van der Waals surface area contributed by atoms with E-state index in [1.165, 1.54) is 13.1 Å². The van der Waals surface area contributed by atoms with Gasteiger partial charge in [-0.2, -0.15) is 0 Å². The lowest BCUT2D eigenvalue weighted by Crippen LogP contribution is -2.47. The Balaban J connectivity index is 0.00000420. The zero-order valence-electron chi connectivity index (χ0n) is 18.7. The van der Waals surface area contributed by atoms with Crippen molar-refractivity contribution >= 4 is 29.9 Å². The second kappa shape index (κ2) is 13.4. The zero-order chi connectivity index (χ0) is 20.5. The van der Waals surface area contributed by atoms with Gasteiger partial charge in [-0.25, -0.2) is 4.39 Å². The van der Waals surface area contributed by atoms with Crippen molar-refractivity contribution in [3.8, 4) is 0 Å². The maximum Gasteiger partial charge on any atom is 0.191 e. The van der Waals surface area contributed by atoms with Crippen molar-refractivity contribution in [2.24, 2.45) is 10.9 Å². The molecule has 5 nitrogen and oxygen atoms in total. The first-order chi connectivity index (χ1) is 13.4. The van der Waals surface area contributed by atoms with Gasteiger partial charge < -0.3 is 20.4 Å². The van der Waals surface area contributed by atoms with Crippen LogP contribution in [0, 0.1) is 18.7 Å². The smallest absolute Gasteiger partial charge is 0.191 e. The summed E-state index contributed by atoms with van der Waals surface area (Å²) in [5.41, 5.74) is 1.60. The first-order valence-corrected chi connectivity index (χ1v) is 10.7. The van der Waals surface area contributed by atoms with Crippen LogP contribution in [0.2, 0.25) is 0 Å². The largest absolute Gasteiger partial charge is 0.357 e. The molecular formula is C22H39FIN5. The predicted octanol–water partition coefficient (Wildman–Crippen LogP) is 3.64. The lowest BCUT2D eigenvalue weighted by molar-refractivity contribution is 0.125. The van der Waals surface area contributed by atoms with Gasteiger partial charge in [-0.3, -0.25) is 4.99 Å². The lowest BCUT2D eigenvalue weighted by Gasteiger charge is -2.35. The summed E-state index contributed by atoms with van der Waals surface area (Å²) in [6.45, 7) is 18.8. The molecule has 0 radical (unpaired) electrons. The number of halogens is 2. The van der Waals surface area contributed by atoms with E-state index in [9.17, 15) is 4.39 Å². The number of nitrogens with one attached hydrogen (secondary N) is 2. The first kappa shape index (κ1) is 26.1. The molecule has 2 rings (SSSR count). The quantitative estimate of drug-likeness (QED) is 0.313. The molecule has 0 amide bonds. The van der Waals surface area contributed by atoms with E-state index < -0.39 is 0 Å². The molecule has 0 aliphatic carbocycles. The van der Waals surface area contributed by atoms with Gasteiger partial charge in [-0.1, -0.05) is 26.0 Å². The van der Waals surface area contributed by atoms with E-state index in [1.54, 1.807) is 13.0 Å². The second-order valence-electron chi connectivity index (χ2n) is 7.93. The number of benzene rings is 1. The van der Waals surface area contributed by atoms with Gasteiger partial charge in [0.1, 0.15) is 5.82 Å². The summed E-state index contributed by atoms with van der Waals surface area (Å²) >= 11 is 0. The standard InChI is InChI=1S/C22H38FN5.HI/c1-6-24-22(26-19(5)20-9-8-18(4)21(23)14-20)25-15-17(3)16-28-12-10-27(7-2)11-13-28;/h8-9,14,17,19H,6-7,10-13,15-16H2,1-5H3,(H2,24,25,26);1H. The van der Waals surface area contributed by atoms with Gasteiger partial charge >= 0.3 is 0 Å². The van der Waals surface area contributed by atoms with Crippen molar-refractivity contribution in [1.29, 1.82) is 0 Å². The van der Waals surface area contributed by atoms with Crippen molar-refractivity contribution in [3.05, 3.63) is 35.1 Å². The molecule has 0 bridgehead atoms. The van der Waals surface area contributed by atoms with Gasteiger partial charge in [-0.15, -0.1) is 24.0 Å². The number of rotatable bonds is 8. The number of piperazine rings is 1. The Morgan fingerprint density at radius 1 is 1.14 bits per heavy atom. The minimum Gasteiger partial charge on any atom is -0.357 e. The highest BCUT2D eigenvalue weighted by Crippen LogP contribution is 2.16. The fourth-order valence-corrected chi connectivity index (χ4v) is 3.52. The SMILES string of the molecule is CCNC(=NCC(C)CN1CCN(CC)CC1)NC(C)c1ccc(C)c(F)c1.I. The topological polar surface area (TPSA) is 42.9 Å². The molecule has 0 saturated carbocycles. The van der Waals surface area contributed by atoms with Crippen LogP contribution in [0.25, 0.3) is 0 Å². The predicted molar refractivity (Wildman–Crippen MR) is 132 cm³/mol. The number of hydrogen-bond acceptors (Lipinski definition) is 3. The fraction of sp³-hybridized carbons (Fsp3) is 0.682. The Morgan fingerprint density at radius 2 is 1.79 bits per heavy atom. The van der Waals surface area contributed by atoms with Crippen molar-refractivity contribution in [2.45, 2.75) is 40.7 Å². The molecule has 1 saturated heterocycles. The molecule has 2 N–H and O–H groups in total. The van der Waals surface area contributed by atoms with E-state index in [0.29, 0.717) is 11.5 Å². The molecule has 29 heavy (non-hydrogen) atoms. The maximum atomic E-state index is 13.9. The van der Waals surface area contributed by atoms with Crippen LogP contribution >= 0.6 is 24.0 Å². The monoisotopic (exact) mass is 519 g/mol. The van der Waals surface area contributed by atoms with Crippen LogP contribution < -0.4 is 10.6 Å². The summed E-state index contributed by atoms with van der Waals surface area (Å²) in [7, 11) is 0. The second-order valence-corrected chi connectivity index (χ2v) is 7.93. The van der Waals surface area contributed by atoms with E-state index in [2.05, 4.69) is 41.2 Å².